The molecule has 1 aliphatic rings. The van der Waals surface area contributed by atoms with Crippen molar-refractivity contribution in [1.82, 2.24) is 15.0 Å². The molecule has 4 N–H and O–H groups in total. The summed E-state index contributed by atoms with van der Waals surface area (Å²) in [7, 11) is 0. The second-order valence-corrected chi connectivity index (χ2v) is 9.51. The van der Waals surface area contributed by atoms with Crippen molar-refractivity contribution in [3.05, 3.63) is 63.2 Å². The number of ether oxygens (including phenoxy) is 1. The highest BCUT2D eigenvalue weighted by Gasteiger charge is 2.41. The normalized spacial score (nSPS) is 22.9. The second-order valence-electron chi connectivity index (χ2n) is 8.29. The molecular weight excluding hydrogens is 553 g/mol. The van der Waals surface area contributed by atoms with E-state index in [0.29, 0.717) is 11.3 Å². The number of amidine groups is 2. The van der Waals surface area contributed by atoms with Crippen molar-refractivity contribution >= 4 is 52.2 Å². The Bertz CT molecular complexity index is 1370. The first-order valence-corrected chi connectivity index (χ1v) is 12.1. The van der Waals surface area contributed by atoms with E-state index in [4.69, 9.17) is 45.3 Å². The highest BCUT2D eigenvalue weighted by molar-refractivity contribution is 6.35. The maximum atomic E-state index is 13.9. The summed E-state index contributed by atoms with van der Waals surface area (Å²) >= 11 is 17.8. The number of hydrogen-bond donors (Lipinski definition) is 3. The Morgan fingerprint density at radius 3 is 2.57 bits per heavy atom. The van der Waals surface area contributed by atoms with Crippen LogP contribution in [0.1, 0.15) is 19.4 Å². The molecule has 4 rings (SSSR count). The lowest BCUT2D eigenvalue weighted by molar-refractivity contribution is -0.137. The van der Waals surface area contributed by atoms with Gasteiger partial charge in [-0.25, -0.2) is 23.4 Å². The number of benzene rings is 2. The van der Waals surface area contributed by atoms with Gasteiger partial charge in [-0.3, -0.25) is 0 Å². The molecule has 1 aromatic heterocycles. The highest BCUT2D eigenvalue weighted by atomic mass is 35.5. The van der Waals surface area contributed by atoms with Gasteiger partial charge in [-0.15, -0.1) is 5.10 Å². The van der Waals surface area contributed by atoms with Gasteiger partial charge in [0.15, 0.2) is 5.84 Å². The van der Waals surface area contributed by atoms with Crippen molar-refractivity contribution in [1.29, 1.82) is 0 Å². The Morgan fingerprint density at radius 1 is 1.16 bits per heavy atom. The zero-order chi connectivity index (χ0) is 26.9. The molecule has 3 aromatic rings. The van der Waals surface area contributed by atoms with Gasteiger partial charge in [-0.1, -0.05) is 46.1 Å². The average molecular weight is 574 g/mol. The van der Waals surface area contributed by atoms with Crippen LogP contribution in [0.3, 0.4) is 0 Å². The van der Waals surface area contributed by atoms with Crippen LogP contribution in [0.5, 0.6) is 0 Å². The van der Waals surface area contributed by atoms with Gasteiger partial charge in [-0.05, 0) is 31.2 Å². The molecule has 4 unspecified atom stereocenters. The molecule has 1 fully saturated rings. The topological polar surface area (TPSA) is 131 Å². The lowest BCUT2D eigenvalue weighted by atomic mass is 9.95. The summed E-state index contributed by atoms with van der Waals surface area (Å²) in [6.45, 7) is 1.00. The quantitative estimate of drug-likeness (QED) is 0.236. The first-order chi connectivity index (χ1) is 17.6. The molecule has 0 aliphatic carbocycles. The van der Waals surface area contributed by atoms with E-state index in [1.54, 1.807) is 6.07 Å². The minimum atomic E-state index is -1.19. The molecule has 1 aliphatic heterocycles. The Hall–Kier alpha value is -2.67. The lowest BCUT2D eigenvalue weighted by Crippen LogP contribution is -2.50. The monoisotopic (exact) mass is 572 g/mol. The van der Waals surface area contributed by atoms with E-state index in [2.05, 4.69) is 20.3 Å². The Labute approximate surface area is 225 Å². The third-order valence-corrected chi connectivity index (χ3v) is 6.52. The van der Waals surface area contributed by atoms with Crippen LogP contribution in [0, 0.1) is 11.6 Å². The van der Waals surface area contributed by atoms with Crippen LogP contribution in [0.25, 0.3) is 11.3 Å². The first kappa shape index (κ1) is 27.4. The largest absolute Gasteiger partial charge is 0.394 e. The van der Waals surface area contributed by atoms with E-state index in [1.807, 2.05) is 0 Å². The molecule has 196 valence electrons. The number of aliphatic hydroxyl groups excluding tert-OH is 2. The van der Waals surface area contributed by atoms with Crippen LogP contribution in [0.15, 0.2) is 46.5 Å². The molecule has 0 saturated carbocycles. The van der Waals surface area contributed by atoms with Gasteiger partial charge in [0.2, 0.25) is 0 Å². The zero-order valence-electron chi connectivity index (χ0n) is 19.2. The van der Waals surface area contributed by atoms with Crippen molar-refractivity contribution in [3.63, 3.8) is 0 Å². The van der Waals surface area contributed by atoms with Gasteiger partial charge >= 0.3 is 0 Å². The smallest absolute Gasteiger partial charge is 0.159 e. The summed E-state index contributed by atoms with van der Waals surface area (Å²) < 4.78 is 35.0. The van der Waals surface area contributed by atoms with Gasteiger partial charge in [0, 0.05) is 12.0 Å². The van der Waals surface area contributed by atoms with Gasteiger partial charge in [0.25, 0.3) is 0 Å². The predicted octanol–water partition coefficient (Wildman–Crippen LogP) is 4.34. The summed E-state index contributed by atoms with van der Waals surface area (Å²) in [4.78, 5) is 8.64. The minimum absolute atomic E-state index is 0.0218. The first-order valence-electron chi connectivity index (χ1n) is 10.9. The molecule has 9 nitrogen and oxygen atoms in total. The molecule has 2 heterocycles. The third-order valence-electron chi connectivity index (χ3n) is 5.62. The summed E-state index contributed by atoms with van der Waals surface area (Å²) in [5.74, 6) is -1.14. The van der Waals surface area contributed by atoms with Gasteiger partial charge < -0.3 is 20.7 Å². The Morgan fingerprint density at radius 2 is 1.89 bits per heavy atom. The van der Waals surface area contributed by atoms with Crippen molar-refractivity contribution in [2.45, 2.75) is 37.7 Å². The molecule has 1 saturated heterocycles. The van der Waals surface area contributed by atoms with Crippen molar-refractivity contribution in [2.24, 2.45) is 15.7 Å². The second kappa shape index (κ2) is 11.4. The molecule has 14 heteroatoms. The maximum Gasteiger partial charge on any atom is 0.159 e. The fourth-order valence-electron chi connectivity index (χ4n) is 3.83. The van der Waals surface area contributed by atoms with Gasteiger partial charge in [-0.2, -0.15) is 0 Å². The van der Waals surface area contributed by atoms with Gasteiger partial charge in [0.1, 0.15) is 35.6 Å². The SMILES string of the molecule is CC(N)=NC(=Nc1cc(Cl)c(F)cc1Cl)C1CC(n2cc(-c3ccc(Cl)c(F)c3)nn2)C(O)C(CO)O1. The third kappa shape index (κ3) is 6.08. The minimum Gasteiger partial charge on any atom is -0.394 e. The Balaban J connectivity index is 1.70. The van der Waals surface area contributed by atoms with Crippen LogP contribution < -0.4 is 5.73 Å². The van der Waals surface area contributed by atoms with E-state index in [1.165, 1.54) is 36.0 Å². The highest BCUT2D eigenvalue weighted by Crippen LogP contribution is 2.35. The van der Waals surface area contributed by atoms with Crippen LogP contribution in [0.2, 0.25) is 15.1 Å². The number of nitrogens with zero attached hydrogens (tertiary/aromatic N) is 5. The number of aliphatic imine (C=N–C) groups is 2. The number of rotatable bonds is 5. The molecule has 0 bridgehead atoms. The van der Waals surface area contributed by atoms with Crippen LogP contribution in [-0.4, -0.2) is 61.8 Å². The van der Waals surface area contributed by atoms with E-state index in [0.717, 1.165) is 6.07 Å². The Kier molecular flexibility index (Phi) is 8.42. The van der Waals surface area contributed by atoms with Crippen molar-refractivity contribution < 1.29 is 23.7 Å². The zero-order valence-corrected chi connectivity index (χ0v) is 21.5. The summed E-state index contributed by atoms with van der Waals surface area (Å²) in [6, 6.07) is 5.70. The maximum absolute atomic E-state index is 13.9. The number of aliphatic hydroxyl groups is 2. The number of nitrogens with two attached hydrogens (primary N) is 1. The molecule has 2 aromatic carbocycles. The number of halogens is 5. The predicted molar refractivity (Wildman–Crippen MR) is 137 cm³/mol. The molecule has 0 amide bonds. The molecule has 0 radical (unpaired) electrons. The van der Waals surface area contributed by atoms with E-state index >= 15 is 0 Å². The standard InChI is InChI=1S/C23H21Cl3F2N6O3/c1-10(29)30-23(31-17-6-13(25)16(28)5-14(17)26)20-7-19(22(36)21(9-35)37-20)34-8-18(32-33-34)11-2-3-12(24)15(27)4-11/h2-6,8,19-22,35-36H,7,9H2,1H3,(H2,29,30,31). The molecule has 37 heavy (non-hydrogen) atoms. The lowest BCUT2D eigenvalue weighted by Gasteiger charge is -2.38. The van der Waals surface area contributed by atoms with Crippen molar-refractivity contribution in [2.75, 3.05) is 6.61 Å². The van der Waals surface area contributed by atoms with Crippen molar-refractivity contribution in [3.8, 4) is 11.3 Å². The van der Waals surface area contributed by atoms with Gasteiger partial charge in [0.05, 0.1) is 45.4 Å². The fraction of sp³-hybridized carbons (Fsp3) is 0.304. The van der Waals surface area contributed by atoms with Crippen LogP contribution in [0.4, 0.5) is 14.5 Å². The van der Waals surface area contributed by atoms with E-state index in [9.17, 15) is 19.0 Å². The number of aromatic nitrogens is 3. The average Bonchev–Trinajstić information content (AvgIpc) is 3.33. The van der Waals surface area contributed by atoms with Crippen LogP contribution >= 0.6 is 34.8 Å². The molecule has 4 atom stereocenters. The summed E-state index contributed by atoms with van der Waals surface area (Å²) in [5.41, 5.74) is 6.69. The molecule has 0 spiro atoms. The summed E-state index contributed by atoms with van der Waals surface area (Å²) in [5, 5.41) is 28.7. The number of hydrogen-bond acceptors (Lipinski definition) is 6. The van der Waals surface area contributed by atoms with E-state index in [-0.39, 0.29) is 38.8 Å². The van der Waals surface area contributed by atoms with E-state index < -0.39 is 42.6 Å². The summed E-state index contributed by atoms with van der Waals surface area (Å²) in [6.07, 6.45) is -1.53. The fourth-order valence-corrected chi connectivity index (χ4v) is 4.30. The molecular formula is C23H21Cl3F2N6O3. The van der Waals surface area contributed by atoms with Crippen LogP contribution in [-0.2, 0) is 4.74 Å².